The standard InChI is InChI=1S/C28H38N6O10/c1-14(2)9-19(31-22(35)12-29)26(41)33-20(10-15-13-30-17-6-4-3-5-16(15)17)27(42)32-18(7-8-23(36)37)25(40)34-21(28(43)44)11-24(38)39/h3-6,13-14,18-21,30H,7-12,29H2,1-2H3,(H,31,35)(H,32,42)(H,33,41)(H,34,40)(H,36,37)(H,38,39)(H,43,44)/t18-,19-,20-,21-/m0/s1. The van der Waals surface area contributed by atoms with E-state index in [0.717, 1.165) is 10.9 Å². The lowest BCUT2D eigenvalue weighted by molar-refractivity contribution is -0.147. The van der Waals surface area contributed by atoms with Crippen LogP contribution in [0.4, 0.5) is 0 Å². The van der Waals surface area contributed by atoms with E-state index in [-0.39, 0.29) is 25.3 Å². The Morgan fingerprint density at radius 3 is 1.98 bits per heavy atom. The summed E-state index contributed by atoms with van der Waals surface area (Å²) < 4.78 is 0. The van der Waals surface area contributed by atoms with Crippen molar-refractivity contribution in [3.05, 3.63) is 36.0 Å². The zero-order valence-corrected chi connectivity index (χ0v) is 24.3. The highest BCUT2D eigenvalue weighted by Gasteiger charge is 2.33. The quantitative estimate of drug-likeness (QED) is 0.0985. The summed E-state index contributed by atoms with van der Waals surface area (Å²) in [5.74, 6) is -7.85. The van der Waals surface area contributed by atoms with Crippen molar-refractivity contribution in [2.75, 3.05) is 6.54 Å². The third-order valence-corrected chi connectivity index (χ3v) is 6.55. The lowest BCUT2D eigenvalue weighted by Crippen LogP contribution is -2.58. The summed E-state index contributed by atoms with van der Waals surface area (Å²) in [4.78, 5) is 88.9. The fraction of sp³-hybridized carbons (Fsp3) is 0.464. The number of carbonyl (C=O) groups excluding carboxylic acids is 4. The Hall–Kier alpha value is -4.99. The molecule has 2 aromatic rings. The second kappa shape index (κ2) is 16.6. The highest BCUT2D eigenvalue weighted by molar-refractivity contribution is 5.96. The highest BCUT2D eigenvalue weighted by atomic mass is 16.4. The number of aromatic nitrogens is 1. The van der Waals surface area contributed by atoms with E-state index in [1.54, 1.807) is 30.5 Å². The minimum absolute atomic E-state index is 0.0400. The van der Waals surface area contributed by atoms with Gasteiger partial charge in [0.1, 0.15) is 24.2 Å². The van der Waals surface area contributed by atoms with Crippen molar-refractivity contribution in [1.29, 1.82) is 0 Å². The van der Waals surface area contributed by atoms with E-state index in [1.807, 2.05) is 19.2 Å². The Morgan fingerprint density at radius 1 is 0.795 bits per heavy atom. The first kappa shape index (κ1) is 35.2. The number of H-pyrrole nitrogens is 1. The molecule has 0 spiro atoms. The van der Waals surface area contributed by atoms with Gasteiger partial charge in [-0.05, 0) is 30.4 Å². The van der Waals surface area contributed by atoms with E-state index >= 15 is 0 Å². The molecule has 240 valence electrons. The number of hydrogen-bond acceptors (Lipinski definition) is 8. The van der Waals surface area contributed by atoms with Crippen LogP contribution in [0.5, 0.6) is 0 Å². The number of carbonyl (C=O) groups is 7. The van der Waals surface area contributed by atoms with Crippen LogP contribution < -0.4 is 27.0 Å². The van der Waals surface area contributed by atoms with Crippen molar-refractivity contribution >= 4 is 52.4 Å². The Labute approximate surface area is 252 Å². The zero-order chi connectivity index (χ0) is 33.0. The number of hydrogen-bond donors (Lipinski definition) is 9. The number of nitrogens with one attached hydrogen (secondary N) is 5. The summed E-state index contributed by atoms with van der Waals surface area (Å²) in [7, 11) is 0. The molecular formula is C28H38N6O10. The molecule has 1 heterocycles. The molecule has 4 amide bonds. The minimum atomic E-state index is -1.85. The minimum Gasteiger partial charge on any atom is -0.481 e. The number of benzene rings is 1. The van der Waals surface area contributed by atoms with Crippen molar-refractivity contribution in [3.63, 3.8) is 0 Å². The van der Waals surface area contributed by atoms with Gasteiger partial charge in [-0.3, -0.25) is 28.8 Å². The third kappa shape index (κ3) is 11.0. The van der Waals surface area contributed by atoms with Crippen LogP contribution >= 0.6 is 0 Å². The normalized spacial score (nSPS) is 13.7. The fourth-order valence-corrected chi connectivity index (χ4v) is 4.41. The smallest absolute Gasteiger partial charge is 0.326 e. The summed E-state index contributed by atoms with van der Waals surface area (Å²) >= 11 is 0. The molecule has 0 aliphatic carbocycles. The molecule has 1 aromatic carbocycles. The fourth-order valence-electron chi connectivity index (χ4n) is 4.41. The molecule has 2 rings (SSSR count). The summed E-state index contributed by atoms with van der Waals surface area (Å²) in [5, 5.41) is 37.8. The van der Waals surface area contributed by atoms with Crippen LogP contribution in [-0.4, -0.2) is 92.6 Å². The molecule has 0 saturated heterocycles. The van der Waals surface area contributed by atoms with Crippen molar-refractivity contribution < 1.29 is 48.9 Å². The topological polar surface area (TPSA) is 270 Å². The maximum Gasteiger partial charge on any atom is 0.326 e. The van der Waals surface area contributed by atoms with E-state index in [4.69, 9.17) is 10.8 Å². The molecule has 10 N–H and O–H groups in total. The molecule has 4 atom stereocenters. The van der Waals surface area contributed by atoms with Crippen LogP contribution in [0.3, 0.4) is 0 Å². The zero-order valence-electron chi connectivity index (χ0n) is 24.3. The maximum atomic E-state index is 13.6. The third-order valence-electron chi connectivity index (χ3n) is 6.55. The van der Waals surface area contributed by atoms with E-state index in [1.165, 1.54) is 0 Å². The van der Waals surface area contributed by atoms with Crippen LogP contribution in [-0.2, 0) is 40.0 Å². The van der Waals surface area contributed by atoms with Gasteiger partial charge < -0.3 is 47.3 Å². The number of nitrogens with two attached hydrogens (primary N) is 1. The number of amides is 4. The monoisotopic (exact) mass is 618 g/mol. The van der Waals surface area contributed by atoms with Crippen LogP contribution in [0.2, 0.25) is 0 Å². The van der Waals surface area contributed by atoms with E-state index in [2.05, 4.69) is 20.9 Å². The number of fused-ring (bicyclic) bond motifs is 1. The van der Waals surface area contributed by atoms with Crippen molar-refractivity contribution in [1.82, 2.24) is 26.3 Å². The largest absolute Gasteiger partial charge is 0.481 e. The first-order valence-electron chi connectivity index (χ1n) is 13.8. The molecule has 0 fully saturated rings. The predicted molar refractivity (Wildman–Crippen MR) is 155 cm³/mol. The van der Waals surface area contributed by atoms with Gasteiger partial charge in [0.05, 0.1) is 13.0 Å². The second-order valence-corrected chi connectivity index (χ2v) is 10.6. The van der Waals surface area contributed by atoms with E-state index < -0.39 is 85.0 Å². The summed E-state index contributed by atoms with van der Waals surface area (Å²) in [6.45, 7) is 3.28. The molecule has 44 heavy (non-hydrogen) atoms. The predicted octanol–water partition coefficient (Wildman–Crippen LogP) is -0.921. The molecule has 0 unspecified atom stereocenters. The molecule has 0 aliphatic heterocycles. The first-order valence-corrected chi connectivity index (χ1v) is 13.8. The van der Waals surface area contributed by atoms with E-state index in [9.17, 15) is 43.8 Å². The van der Waals surface area contributed by atoms with Crippen LogP contribution in [0, 0.1) is 5.92 Å². The highest BCUT2D eigenvalue weighted by Crippen LogP contribution is 2.19. The lowest BCUT2D eigenvalue weighted by atomic mass is 10.00. The number of rotatable bonds is 18. The van der Waals surface area contributed by atoms with Gasteiger partial charge >= 0.3 is 17.9 Å². The van der Waals surface area contributed by atoms with Crippen molar-refractivity contribution in [2.45, 2.75) is 70.1 Å². The molecule has 0 saturated carbocycles. The van der Waals surface area contributed by atoms with Crippen LogP contribution in [0.25, 0.3) is 10.9 Å². The van der Waals surface area contributed by atoms with Gasteiger partial charge in [-0.15, -0.1) is 0 Å². The Kier molecular flexibility index (Phi) is 13.3. The SMILES string of the molecule is CC(C)C[C@H](NC(=O)CN)C(=O)N[C@@H](Cc1c[nH]c2ccccc12)C(=O)N[C@@H](CCC(=O)O)C(=O)N[C@@H](CC(=O)O)C(=O)O. The second-order valence-electron chi connectivity index (χ2n) is 10.6. The average molecular weight is 619 g/mol. The van der Waals surface area contributed by atoms with Crippen LogP contribution in [0.1, 0.15) is 45.1 Å². The summed E-state index contributed by atoms with van der Waals surface area (Å²) in [5.41, 5.74) is 6.76. The van der Waals surface area contributed by atoms with Gasteiger partial charge in [-0.2, -0.15) is 0 Å². The summed E-state index contributed by atoms with van der Waals surface area (Å²) in [6, 6.07) is 1.31. The van der Waals surface area contributed by atoms with Gasteiger partial charge in [0.25, 0.3) is 0 Å². The first-order chi connectivity index (χ1) is 20.7. The number of carboxylic acid groups (broad SMARTS) is 3. The van der Waals surface area contributed by atoms with Gasteiger partial charge in [0.15, 0.2) is 0 Å². The Morgan fingerprint density at radius 2 is 1.39 bits per heavy atom. The van der Waals surface area contributed by atoms with Crippen molar-refractivity contribution in [3.8, 4) is 0 Å². The number of aliphatic carboxylic acids is 3. The average Bonchev–Trinajstić information content (AvgIpc) is 3.35. The summed E-state index contributed by atoms with van der Waals surface area (Å²) in [6.07, 6.45) is -0.283. The van der Waals surface area contributed by atoms with Crippen LogP contribution in [0.15, 0.2) is 30.5 Å². The number of para-hydroxylation sites is 1. The molecule has 1 aromatic heterocycles. The van der Waals surface area contributed by atoms with Gasteiger partial charge in [-0.25, -0.2) is 4.79 Å². The number of carboxylic acids is 3. The molecule has 0 radical (unpaired) electrons. The molecule has 16 heteroatoms. The molecule has 16 nitrogen and oxygen atoms in total. The lowest BCUT2D eigenvalue weighted by Gasteiger charge is -2.26. The molecule has 0 aliphatic rings. The number of aromatic amines is 1. The van der Waals surface area contributed by atoms with E-state index in [0.29, 0.717) is 5.56 Å². The Balaban J connectivity index is 2.40. The van der Waals surface area contributed by atoms with Gasteiger partial charge in [-0.1, -0.05) is 32.0 Å². The Bertz CT molecular complexity index is 1370. The van der Waals surface area contributed by atoms with Gasteiger partial charge in [0.2, 0.25) is 23.6 Å². The van der Waals surface area contributed by atoms with Gasteiger partial charge in [0, 0.05) is 29.9 Å². The molecule has 0 bridgehead atoms. The molecular weight excluding hydrogens is 580 g/mol. The maximum absolute atomic E-state index is 13.6. The van der Waals surface area contributed by atoms with Crippen molar-refractivity contribution in [2.24, 2.45) is 11.7 Å².